The van der Waals surface area contributed by atoms with E-state index in [1.54, 1.807) is 34.3 Å². The lowest BCUT2D eigenvalue weighted by molar-refractivity contribution is 0.0593. The SMILES string of the molecule is O=C(Nc1cccnc1)N1CCN(C(=O)c2ccc(OCCC3CCOCC3)cc2)CC1. The van der Waals surface area contributed by atoms with Gasteiger partial charge in [-0.2, -0.15) is 0 Å². The quantitative estimate of drug-likeness (QED) is 0.748. The van der Waals surface area contributed by atoms with E-state index in [-0.39, 0.29) is 11.9 Å². The van der Waals surface area contributed by atoms with Gasteiger partial charge < -0.3 is 24.6 Å². The maximum absolute atomic E-state index is 12.8. The number of carbonyl (C=O) groups excluding carboxylic acids is 2. The minimum atomic E-state index is -0.174. The van der Waals surface area contributed by atoms with E-state index in [9.17, 15) is 9.59 Å². The smallest absolute Gasteiger partial charge is 0.322 e. The second-order valence-electron chi connectivity index (χ2n) is 8.17. The summed E-state index contributed by atoms with van der Waals surface area (Å²) in [5.41, 5.74) is 1.29. The molecule has 4 rings (SSSR count). The largest absolute Gasteiger partial charge is 0.494 e. The summed E-state index contributed by atoms with van der Waals surface area (Å²) < 4.78 is 11.2. The van der Waals surface area contributed by atoms with E-state index in [0.717, 1.165) is 38.2 Å². The number of hydrogen-bond acceptors (Lipinski definition) is 5. The van der Waals surface area contributed by atoms with Crippen LogP contribution in [0.15, 0.2) is 48.8 Å². The highest BCUT2D eigenvalue weighted by molar-refractivity contribution is 5.94. The van der Waals surface area contributed by atoms with Crippen molar-refractivity contribution in [1.82, 2.24) is 14.8 Å². The molecule has 0 spiro atoms. The Kier molecular flexibility index (Phi) is 7.55. The van der Waals surface area contributed by atoms with Crippen molar-refractivity contribution < 1.29 is 19.1 Å². The Morgan fingerprint density at radius 1 is 1.03 bits per heavy atom. The number of aromatic nitrogens is 1. The van der Waals surface area contributed by atoms with Gasteiger partial charge in [-0.25, -0.2) is 4.79 Å². The van der Waals surface area contributed by atoms with Crippen molar-refractivity contribution in [2.24, 2.45) is 5.92 Å². The molecule has 0 saturated carbocycles. The molecule has 1 aromatic heterocycles. The first kappa shape index (κ1) is 22.1. The number of benzene rings is 1. The number of hydrogen-bond donors (Lipinski definition) is 1. The maximum atomic E-state index is 12.8. The first-order valence-corrected chi connectivity index (χ1v) is 11.2. The molecule has 0 atom stereocenters. The summed E-state index contributed by atoms with van der Waals surface area (Å²) in [5, 5.41) is 2.83. The Bertz CT molecular complexity index is 877. The van der Waals surface area contributed by atoms with Gasteiger partial charge in [0.2, 0.25) is 0 Å². The highest BCUT2D eigenvalue weighted by Crippen LogP contribution is 2.20. The number of urea groups is 1. The van der Waals surface area contributed by atoms with Crippen molar-refractivity contribution in [3.05, 3.63) is 54.4 Å². The zero-order chi connectivity index (χ0) is 22.2. The van der Waals surface area contributed by atoms with Crippen molar-refractivity contribution in [3.63, 3.8) is 0 Å². The molecule has 170 valence electrons. The van der Waals surface area contributed by atoms with Crippen LogP contribution in [0.5, 0.6) is 5.75 Å². The van der Waals surface area contributed by atoms with E-state index in [1.165, 1.54) is 0 Å². The first-order chi connectivity index (χ1) is 15.7. The summed E-state index contributed by atoms with van der Waals surface area (Å²) in [6.07, 6.45) is 6.51. The van der Waals surface area contributed by atoms with E-state index in [0.29, 0.717) is 50.0 Å². The molecule has 2 aliphatic heterocycles. The van der Waals surface area contributed by atoms with Crippen LogP contribution < -0.4 is 10.1 Å². The van der Waals surface area contributed by atoms with Gasteiger partial charge in [0.25, 0.3) is 5.91 Å². The molecule has 8 nitrogen and oxygen atoms in total. The Labute approximate surface area is 188 Å². The van der Waals surface area contributed by atoms with Crippen molar-refractivity contribution in [2.75, 3.05) is 51.3 Å². The number of pyridine rings is 1. The lowest BCUT2D eigenvalue weighted by atomic mass is 9.97. The fourth-order valence-corrected chi connectivity index (χ4v) is 4.01. The molecule has 2 aromatic rings. The summed E-state index contributed by atoms with van der Waals surface area (Å²) in [4.78, 5) is 32.7. The average Bonchev–Trinajstić information content (AvgIpc) is 2.85. The summed E-state index contributed by atoms with van der Waals surface area (Å²) in [5.74, 6) is 1.44. The monoisotopic (exact) mass is 438 g/mol. The molecule has 0 radical (unpaired) electrons. The summed E-state index contributed by atoms with van der Waals surface area (Å²) in [6, 6.07) is 10.7. The molecule has 2 saturated heterocycles. The molecule has 32 heavy (non-hydrogen) atoms. The van der Waals surface area contributed by atoms with Crippen LogP contribution in [-0.2, 0) is 4.74 Å². The predicted octanol–water partition coefficient (Wildman–Crippen LogP) is 3.27. The van der Waals surface area contributed by atoms with Gasteiger partial charge in [0.15, 0.2) is 0 Å². The number of anilines is 1. The highest BCUT2D eigenvalue weighted by atomic mass is 16.5. The third-order valence-electron chi connectivity index (χ3n) is 6.00. The van der Waals surface area contributed by atoms with Gasteiger partial charge in [0.1, 0.15) is 5.75 Å². The van der Waals surface area contributed by atoms with Crippen molar-refractivity contribution in [1.29, 1.82) is 0 Å². The minimum Gasteiger partial charge on any atom is -0.494 e. The van der Waals surface area contributed by atoms with Crippen LogP contribution in [0.3, 0.4) is 0 Å². The molecule has 2 aliphatic rings. The molecule has 2 fully saturated rings. The molecule has 0 unspecified atom stereocenters. The molecule has 0 bridgehead atoms. The van der Waals surface area contributed by atoms with E-state index in [2.05, 4.69) is 10.3 Å². The summed E-state index contributed by atoms with van der Waals surface area (Å²) in [6.45, 7) is 4.37. The van der Waals surface area contributed by atoms with Crippen LogP contribution in [-0.4, -0.2) is 72.7 Å². The molecular formula is C24H30N4O4. The number of rotatable bonds is 6. The Morgan fingerprint density at radius 2 is 1.75 bits per heavy atom. The van der Waals surface area contributed by atoms with E-state index < -0.39 is 0 Å². The van der Waals surface area contributed by atoms with Crippen molar-refractivity contribution in [2.45, 2.75) is 19.3 Å². The van der Waals surface area contributed by atoms with Crippen molar-refractivity contribution in [3.8, 4) is 5.75 Å². The third kappa shape index (κ3) is 5.97. The van der Waals surface area contributed by atoms with Gasteiger partial charge in [-0.15, -0.1) is 0 Å². The second-order valence-corrected chi connectivity index (χ2v) is 8.17. The van der Waals surface area contributed by atoms with Gasteiger partial charge in [0.05, 0.1) is 18.5 Å². The predicted molar refractivity (Wildman–Crippen MR) is 121 cm³/mol. The Balaban J connectivity index is 1.21. The topological polar surface area (TPSA) is 84.0 Å². The van der Waals surface area contributed by atoms with E-state index in [4.69, 9.17) is 9.47 Å². The fourth-order valence-electron chi connectivity index (χ4n) is 4.01. The van der Waals surface area contributed by atoms with Gasteiger partial charge in [-0.3, -0.25) is 9.78 Å². The normalized spacial score (nSPS) is 17.1. The second kappa shape index (κ2) is 10.9. The van der Waals surface area contributed by atoms with Crippen LogP contribution >= 0.6 is 0 Å². The lowest BCUT2D eigenvalue weighted by Gasteiger charge is -2.34. The first-order valence-electron chi connectivity index (χ1n) is 11.2. The molecule has 0 aliphatic carbocycles. The van der Waals surface area contributed by atoms with E-state index in [1.807, 2.05) is 24.3 Å². The number of carbonyl (C=O) groups is 2. The van der Waals surface area contributed by atoms with Gasteiger partial charge in [0, 0.05) is 51.2 Å². The molecule has 3 heterocycles. The standard InChI is InChI=1S/C24H30N4O4/c29-23(20-3-5-22(6-4-20)32-17-9-19-7-15-31-16-8-19)27-11-13-28(14-12-27)24(30)26-21-2-1-10-25-18-21/h1-6,10,18-19H,7-9,11-17H2,(H,26,30). The highest BCUT2D eigenvalue weighted by Gasteiger charge is 2.25. The Hall–Kier alpha value is -3.13. The summed E-state index contributed by atoms with van der Waals surface area (Å²) in [7, 11) is 0. The summed E-state index contributed by atoms with van der Waals surface area (Å²) >= 11 is 0. The van der Waals surface area contributed by atoms with Crippen LogP contribution in [0, 0.1) is 5.92 Å². The van der Waals surface area contributed by atoms with Crippen molar-refractivity contribution >= 4 is 17.6 Å². The molecule has 8 heteroatoms. The van der Waals surface area contributed by atoms with Crippen LogP contribution in [0.4, 0.5) is 10.5 Å². The Morgan fingerprint density at radius 3 is 2.44 bits per heavy atom. The number of ether oxygens (including phenoxy) is 2. The average molecular weight is 439 g/mol. The number of nitrogens with zero attached hydrogens (tertiary/aromatic N) is 3. The molecule has 1 aromatic carbocycles. The molecular weight excluding hydrogens is 408 g/mol. The van der Waals surface area contributed by atoms with Crippen LogP contribution in [0.25, 0.3) is 0 Å². The molecule has 3 amide bonds. The van der Waals surface area contributed by atoms with E-state index >= 15 is 0 Å². The zero-order valence-electron chi connectivity index (χ0n) is 18.2. The number of piperazine rings is 1. The lowest BCUT2D eigenvalue weighted by Crippen LogP contribution is -2.51. The number of amides is 3. The van der Waals surface area contributed by atoms with Crippen LogP contribution in [0.1, 0.15) is 29.6 Å². The van der Waals surface area contributed by atoms with Gasteiger partial charge in [-0.05, 0) is 61.6 Å². The fraction of sp³-hybridized carbons (Fsp3) is 0.458. The number of nitrogens with one attached hydrogen (secondary N) is 1. The molecule has 1 N–H and O–H groups in total. The maximum Gasteiger partial charge on any atom is 0.322 e. The third-order valence-corrected chi connectivity index (χ3v) is 6.00. The van der Waals surface area contributed by atoms with Gasteiger partial charge in [-0.1, -0.05) is 0 Å². The van der Waals surface area contributed by atoms with Gasteiger partial charge >= 0.3 is 6.03 Å². The zero-order valence-corrected chi connectivity index (χ0v) is 18.2. The minimum absolute atomic E-state index is 0.0222. The van der Waals surface area contributed by atoms with Crippen LogP contribution in [0.2, 0.25) is 0 Å².